The maximum atomic E-state index is 14.9. The molecule has 5 heterocycles. The van der Waals surface area contributed by atoms with Gasteiger partial charge in [0.1, 0.15) is 22.9 Å². The molecule has 11 nitrogen and oxygen atoms in total. The van der Waals surface area contributed by atoms with Crippen LogP contribution >= 0.6 is 0 Å². The Balaban J connectivity index is 1.26. The van der Waals surface area contributed by atoms with Crippen LogP contribution in [0.4, 0.5) is 15.9 Å². The number of hydrogen-bond acceptors (Lipinski definition) is 8. The van der Waals surface area contributed by atoms with E-state index in [0.29, 0.717) is 53.5 Å². The molecule has 1 saturated heterocycles. The van der Waals surface area contributed by atoms with Crippen molar-refractivity contribution in [1.29, 1.82) is 0 Å². The minimum absolute atomic E-state index is 0.00481. The number of hydrogen-bond donors (Lipinski definition) is 2. The van der Waals surface area contributed by atoms with Crippen LogP contribution in [0, 0.1) is 5.82 Å². The molecule has 2 aliphatic heterocycles. The van der Waals surface area contributed by atoms with Crippen molar-refractivity contribution in [2.75, 3.05) is 30.0 Å². The second-order valence-corrected chi connectivity index (χ2v) is 11.4. The number of amides is 2. The van der Waals surface area contributed by atoms with Gasteiger partial charge in [0.25, 0.3) is 11.8 Å². The molecule has 1 fully saturated rings. The Morgan fingerprint density at radius 3 is 2.67 bits per heavy atom. The van der Waals surface area contributed by atoms with E-state index in [9.17, 15) is 14.0 Å². The van der Waals surface area contributed by atoms with Gasteiger partial charge in [-0.25, -0.2) is 23.9 Å². The van der Waals surface area contributed by atoms with Crippen molar-refractivity contribution >= 4 is 34.7 Å². The van der Waals surface area contributed by atoms with Gasteiger partial charge in [0.05, 0.1) is 30.2 Å². The Labute approximate surface area is 257 Å². The molecule has 1 atom stereocenters. The number of anilines is 2. The molecule has 226 valence electrons. The molecule has 0 saturated carbocycles. The first-order valence-electron chi connectivity index (χ1n) is 14.5. The molecular formula is C33H29FN8O3. The molecule has 2 aliphatic rings. The largest absolute Gasteiger partial charge is 0.377 e. The molecule has 12 heteroatoms. The molecule has 2 N–H and O–H groups in total. The number of rotatable bonds is 5. The molecule has 5 aromatic rings. The normalized spacial score (nSPS) is 17.7. The number of halogens is 1. The van der Waals surface area contributed by atoms with Gasteiger partial charge in [0.15, 0.2) is 5.65 Å². The highest BCUT2D eigenvalue weighted by Crippen LogP contribution is 2.30. The SMILES string of the molecule is CC1(C)COCCN1c1ccc(-c2nn3cccnc3c2C(=O)N[C@H]2N=C(c3ccccc3)c3cccc(F)c3NC2=O)cn1. The summed E-state index contributed by atoms with van der Waals surface area (Å²) in [6, 6.07) is 19.0. The lowest BCUT2D eigenvalue weighted by atomic mass is 10.0. The predicted molar refractivity (Wildman–Crippen MR) is 167 cm³/mol. The van der Waals surface area contributed by atoms with Crippen molar-refractivity contribution in [3.05, 3.63) is 108 Å². The maximum Gasteiger partial charge on any atom is 0.269 e. The molecule has 45 heavy (non-hydrogen) atoms. The molecule has 2 amide bonds. The first-order chi connectivity index (χ1) is 21.8. The Morgan fingerprint density at radius 1 is 1.04 bits per heavy atom. The van der Waals surface area contributed by atoms with Gasteiger partial charge in [-0.2, -0.15) is 5.10 Å². The molecule has 0 bridgehead atoms. The van der Waals surface area contributed by atoms with Crippen molar-refractivity contribution in [2.45, 2.75) is 25.6 Å². The van der Waals surface area contributed by atoms with Crippen LogP contribution < -0.4 is 15.5 Å². The Bertz CT molecular complexity index is 1960. The highest BCUT2D eigenvalue weighted by molar-refractivity contribution is 6.20. The summed E-state index contributed by atoms with van der Waals surface area (Å²) in [5, 5.41) is 10.0. The first kappa shape index (κ1) is 28.3. The molecule has 2 aromatic carbocycles. The lowest BCUT2D eigenvalue weighted by molar-refractivity contribution is -0.117. The van der Waals surface area contributed by atoms with Gasteiger partial charge in [-0.15, -0.1) is 0 Å². The number of benzene rings is 2. The highest BCUT2D eigenvalue weighted by atomic mass is 19.1. The van der Waals surface area contributed by atoms with Crippen molar-refractivity contribution in [3.63, 3.8) is 0 Å². The van der Waals surface area contributed by atoms with Gasteiger partial charge >= 0.3 is 0 Å². The molecule has 0 aliphatic carbocycles. The average molecular weight is 605 g/mol. The molecule has 0 radical (unpaired) electrons. The van der Waals surface area contributed by atoms with Crippen molar-refractivity contribution in [3.8, 4) is 11.3 Å². The van der Waals surface area contributed by atoms with E-state index in [1.807, 2.05) is 42.5 Å². The third-order valence-corrected chi connectivity index (χ3v) is 7.90. The van der Waals surface area contributed by atoms with E-state index in [-0.39, 0.29) is 16.8 Å². The van der Waals surface area contributed by atoms with E-state index < -0.39 is 23.8 Å². The van der Waals surface area contributed by atoms with Gasteiger partial charge in [-0.05, 0) is 38.1 Å². The first-order valence-corrected chi connectivity index (χ1v) is 14.5. The lowest BCUT2D eigenvalue weighted by Gasteiger charge is -2.42. The number of aliphatic imine (C=N–C) groups is 1. The third kappa shape index (κ3) is 5.18. The van der Waals surface area contributed by atoms with E-state index in [1.54, 1.807) is 36.8 Å². The van der Waals surface area contributed by atoms with Gasteiger partial charge in [-0.3, -0.25) is 9.59 Å². The Kier molecular flexibility index (Phi) is 7.05. The van der Waals surface area contributed by atoms with E-state index in [0.717, 1.165) is 5.82 Å². The van der Waals surface area contributed by atoms with Gasteiger partial charge in [0.2, 0.25) is 6.17 Å². The number of benzodiazepines with no additional fused rings is 1. The Hall–Kier alpha value is -5.49. The van der Waals surface area contributed by atoms with Crippen molar-refractivity contribution in [1.82, 2.24) is 24.9 Å². The summed E-state index contributed by atoms with van der Waals surface area (Å²) in [7, 11) is 0. The molecule has 0 unspecified atom stereocenters. The van der Waals surface area contributed by atoms with Crippen LogP contribution in [0.5, 0.6) is 0 Å². The highest BCUT2D eigenvalue weighted by Gasteiger charge is 2.33. The number of ether oxygens (including phenoxy) is 1. The lowest BCUT2D eigenvalue weighted by Crippen LogP contribution is -2.53. The van der Waals surface area contributed by atoms with Crippen LogP contribution in [-0.4, -0.2) is 68.6 Å². The third-order valence-electron chi connectivity index (χ3n) is 7.90. The molecule has 7 rings (SSSR count). The predicted octanol–water partition coefficient (Wildman–Crippen LogP) is 4.09. The number of nitrogens with one attached hydrogen (secondary N) is 2. The van der Waals surface area contributed by atoms with E-state index in [1.165, 1.54) is 10.6 Å². The minimum atomic E-state index is -1.38. The zero-order valence-corrected chi connectivity index (χ0v) is 24.6. The summed E-state index contributed by atoms with van der Waals surface area (Å²) in [5.41, 5.74) is 2.55. The topological polar surface area (TPSA) is 126 Å². The summed E-state index contributed by atoms with van der Waals surface area (Å²) in [5.74, 6) is -1.14. The molecule has 3 aromatic heterocycles. The fourth-order valence-corrected chi connectivity index (χ4v) is 5.68. The summed E-state index contributed by atoms with van der Waals surface area (Å²) in [6.45, 7) is 6.09. The van der Waals surface area contributed by atoms with Crippen LogP contribution in [0.2, 0.25) is 0 Å². The van der Waals surface area contributed by atoms with Crippen LogP contribution in [-0.2, 0) is 9.53 Å². The van der Waals surface area contributed by atoms with Gasteiger partial charge in [-0.1, -0.05) is 42.5 Å². The van der Waals surface area contributed by atoms with Crippen LogP contribution in [0.15, 0.2) is 90.3 Å². The Morgan fingerprint density at radius 2 is 1.89 bits per heavy atom. The van der Waals surface area contributed by atoms with Crippen molar-refractivity contribution in [2.24, 2.45) is 4.99 Å². The average Bonchev–Trinajstić information content (AvgIpc) is 3.37. The summed E-state index contributed by atoms with van der Waals surface area (Å²) in [6.07, 6.45) is 3.53. The number of aromatic nitrogens is 4. The monoisotopic (exact) mass is 604 g/mol. The summed E-state index contributed by atoms with van der Waals surface area (Å²) >= 11 is 0. The van der Waals surface area contributed by atoms with Crippen LogP contribution in [0.3, 0.4) is 0 Å². The second-order valence-electron chi connectivity index (χ2n) is 11.4. The minimum Gasteiger partial charge on any atom is -0.377 e. The standard InChI is InChI=1S/C33H29FN8O3/c1-33(2)19-45-17-16-41(33)24-13-12-21(18-36-24)27-25(30-35-14-7-15-42(30)40-27)31(43)39-29-32(44)38-28-22(10-6-11-23(28)34)26(37-29)20-8-4-3-5-9-20/h3-15,18,29H,16-17,19H2,1-2H3,(H,38,44)(H,39,43)/t29-/m1/s1. The number of fused-ring (bicyclic) bond motifs is 2. The van der Waals surface area contributed by atoms with Crippen LogP contribution in [0.1, 0.15) is 35.3 Å². The summed E-state index contributed by atoms with van der Waals surface area (Å²) < 4.78 is 22.1. The smallest absolute Gasteiger partial charge is 0.269 e. The number of nitrogens with zero attached hydrogens (tertiary/aromatic N) is 6. The fourth-order valence-electron chi connectivity index (χ4n) is 5.68. The zero-order valence-electron chi connectivity index (χ0n) is 24.6. The van der Waals surface area contributed by atoms with Crippen LogP contribution in [0.25, 0.3) is 16.9 Å². The van der Waals surface area contributed by atoms with E-state index in [4.69, 9.17) is 9.72 Å². The number of carbonyl (C=O) groups excluding carboxylic acids is 2. The van der Waals surface area contributed by atoms with E-state index in [2.05, 4.69) is 44.5 Å². The van der Waals surface area contributed by atoms with Crippen molar-refractivity contribution < 1.29 is 18.7 Å². The second kappa shape index (κ2) is 11.2. The maximum absolute atomic E-state index is 14.9. The zero-order chi connectivity index (χ0) is 31.1. The number of morpholine rings is 1. The van der Waals surface area contributed by atoms with Gasteiger partial charge < -0.3 is 20.3 Å². The van der Waals surface area contributed by atoms with E-state index >= 15 is 0 Å². The number of pyridine rings is 1. The molecule has 0 spiro atoms. The molecular weight excluding hydrogens is 575 g/mol. The van der Waals surface area contributed by atoms with Gasteiger partial charge in [0, 0.05) is 41.8 Å². The summed E-state index contributed by atoms with van der Waals surface area (Å²) in [4.78, 5) is 43.4. The number of carbonyl (C=O) groups is 2. The quantitative estimate of drug-likeness (QED) is 0.310. The number of para-hydroxylation sites is 1. The fraction of sp³-hybridized carbons (Fsp3) is 0.212.